The van der Waals surface area contributed by atoms with Crippen molar-refractivity contribution < 1.29 is 4.79 Å². The molecule has 4 aliphatic rings. The number of Topliss-reactive ketones (excluding diaryl/α,β-unsaturated/α-hetero) is 1. The van der Waals surface area contributed by atoms with Crippen molar-refractivity contribution in [2.45, 2.75) is 74.5 Å². The van der Waals surface area contributed by atoms with Crippen LogP contribution in [0.15, 0.2) is 77.7 Å². The van der Waals surface area contributed by atoms with E-state index in [0.717, 1.165) is 24.2 Å². The lowest BCUT2D eigenvalue weighted by atomic mass is 9.69. The van der Waals surface area contributed by atoms with E-state index in [1.165, 1.54) is 60.5 Å². The fourth-order valence-corrected chi connectivity index (χ4v) is 9.64. The summed E-state index contributed by atoms with van der Waals surface area (Å²) in [6.07, 6.45) is 2.60. The van der Waals surface area contributed by atoms with Crippen LogP contribution in [0.2, 0.25) is 0 Å². The van der Waals surface area contributed by atoms with Gasteiger partial charge in [0.25, 0.3) is 0 Å². The fourth-order valence-electron chi connectivity index (χ4n) is 8.55. The molecule has 1 aliphatic heterocycles. The zero-order valence-electron chi connectivity index (χ0n) is 23.2. The van der Waals surface area contributed by atoms with Crippen LogP contribution in [0, 0.1) is 0 Å². The van der Waals surface area contributed by atoms with Crippen molar-refractivity contribution >= 4 is 17.5 Å². The molecule has 2 spiro atoms. The number of thioether (sulfide) groups is 1. The Hall–Kier alpha value is -3.10. The van der Waals surface area contributed by atoms with Crippen LogP contribution in [-0.4, -0.2) is 11.5 Å². The van der Waals surface area contributed by atoms with Crippen molar-refractivity contribution in [2.24, 2.45) is 0 Å². The predicted octanol–water partition coefficient (Wildman–Crippen LogP) is 9.17. The lowest BCUT2D eigenvalue weighted by molar-refractivity contribution is 0.0978. The third-order valence-electron chi connectivity index (χ3n) is 10.2. The number of carbonyl (C=O) groups excluding carboxylic acids is 1. The van der Waals surface area contributed by atoms with Crippen LogP contribution >= 0.6 is 11.8 Å². The molecule has 3 aliphatic carbocycles. The van der Waals surface area contributed by atoms with Crippen LogP contribution in [0.5, 0.6) is 0 Å². The molecular weight excluding hydrogens is 492 g/mol. The summed E-state index contributed by atoms with van der Waals surface area (Å²) in [7, 11) is 0. The Morgan fingerprint density at radius 3 is 1.95 bits per heavy atom. The van der Waals surface area contributed by atoms with Gasteiger partial charge in [-0.25, -0.2) is 0 Å². The van der Waals surface area contributed by atoms with Crippen molar-refractivity contribution in [3.8, 4) is 11.1 Å². The Morgan fingerprint density at radius 1 is 0.692 bits per heavy atom. The summed E-state index contributed by atoms with van der Waals surface area (Å²) >= 11 is 1.91. The van der Waals surface area contributed by atoms with Gasteiger partial charge >= 0.3 is 0 Å². The molecule has 0 aromatic heterocycles. The molecule has 0 saturated carbocycles. The van der Waals surface area contributed by atoms with Gasteiger partial charge in [0, 0.05) is 33.5 Å². The highest BCUT2D eigenvalue weighted by Crippen LogP contribution is 2.67. The van der Waals surface area contributed by atoms with E-state index in [9.17, 15) is 4.79 Å². The molecule has 4 aromatic rings. The molecule has 0 saturated heterocycles. The number of ketones is 1. The minimum Gasteiger partial charge on any atom is -0.294 e. The van der Waals surface area contributed by atoms with Crippen LogP contribution in [-0.2, 0) is 17.3 Å². The van der Waals surface area contributed by atoms with Crippen molar-refractivity contribution in [3.63, 3.8) is 0 Å². The summed E-state index contributed by atoms with van der Waals surface area (Å²) in [4.78, 5) is 15.2. The molecule has 2 heteroatoms. The van der Waals surface area contributed by atoms with Crippen molar-refractivity contribution in [2.75, 3.05) is 5.75 Å². The van der Waals surface area contributed by atoms with Crippen LogP contribution in [0.4, 0.5) is 0 Å². The predicted molar refractivity (Wildman–Crippen MR) is 162 cm³/mol. The van der Waals surface area contributed by atoms with Crippen LogP contribution in [0.1, 0.15) is 107 Å². The van der Waals surface area contributed by atoms with E-state index in [2.05, 4.69) is 100 Å². The standard InChI is InChI=1S/C37H34OS/c1-21(2)26-16-32-33(17-27(26)22(3)4)37(29-11-7-5-9-24(29)25-10-6-8-12-30(25)37)20-36(32)19-34(38)28-18-35-23(13-14-39-35)15-31(28)36/h5-12,15-18,21-22H,13-14,19-20H2,1-4H3. The topological polar surface area (TPSA) is 17.1 Å². The average Bonchev–Trinajstić information content (AvgIpc) is 3.66. The normalized spacial score (nSPS) is 21.1. The Kier molecular flexibility index (Phi) is 4.86. The molecule has 39 heavy (non-hydrogen) atoms. The quantitative estimate of drug-likeness (QED) is 0.259. The van der Waals surface area contributed by atoms with E-state index in [1.54, 1.807) is 0 Å². The third kappa shape index (κ3) is 2.91. The van der Waals surface area contributed by atoms with E-state index < -0.39 is 0 Å². The molecule has 0 amide bonds. The third-order valence-corrected chi connectivity index (χ3v) is 11.3. The van der Waals surface area contributed by atoms with Gasteiger partial charge in [-0.05, 0) is 86.4 Å². The van der Waals surface area contributed by atoms with E-state index in [-0.39, 0.29) is 10.8 Å². The first-order valence-electron chi connectivity index (χ1n) is 14.6. The summed E-state index contributed by atoms with van der Waals surface area (Å²) < 4.78 is 0. The second-order valence-electron chi connectivity index (χ2n) is 12.8. The molecule has 4 aromatic carbocycles. The lowest BCUT2D eigenvalue weighted by Crippen LogP contribution is -2.29. The molecule has 1 heterocycles. The first-order valence-corrected chi connectivity index (χ1v) is 15.6. The Morgan fingerprint density at radius 2 is 1.31 bits per heavy atom. The summed E-state index contributed by atoms with van der Waals surface area (Å²) in [5.41, 5.74) is 14.4. The van der Waals surface area contributed by atoms with Gasteiger partial charge in [0.15, 0.2) is 5.78 Å². The molecule has 0 N–H and O–H groups in total. The molecule has 8 rings (SSSR count). The van der Waals surface area contributed by atoms with Gasteiger partial charge in [-0.2, -0.15) is 0 Å². The molecular formula is C37H34OS. The Balaban J connectivity index is 1.51. The van der Waals surface area contributed by atoms with E-state index in [0.29, 0.717) is 24.0 Å². The van der Waals surface area contributed by atoms with Gasteiger partial charge in [0.1, 0.15) is 0 Å². The SMILES string of the molecule is CC(C)c1cc2c(cc1C(C)C)C1(CC23CC(=O)c2cc4c(cc23)CCS4)c2ccccc2-c2ccccc21. The van der Waals surface area contributed by atoms with Crippen LogP contribution in [0.25, 0.3) is 11.1 Å². The highest BCUT2D eigenvalue weighted by Gasteiger charge is 2.61. The zero-order valence-corrected chi connectivity index (χ0v) is 24.0. The maximum atomic E-state index is 13.9. The average molecular weight is 527 g/mol. The second-order valence-corrected chi connectivity index (χ2v) is 13.9. The molecule has 194 valence electrons. The molecule has 0 fully saturated rings. The number of carbonyl (C=O) groups is 1. The van der Waals surface area contributed by atoms with Crippen LogP contribution in [0.3, 0.4) is 0 Å². The summed E-state index contributed by atoms with van der Waals surface area (Å²) in [5.74, 6) is 2.31. The maximum absolute atomic E-state index is 13.9. The van der Waals surface area contributed by atoms with Gasteiger partial charge in [-0.1, -0.05) is 94.4 Å². The number of hydrogen-bond donors (Lipinski definition) is 0. The van der Waals surface area contributed by atoms with Crippen molar-refractivity contribution in [1.29, 1.82) is 0 Å². The minimum absolute atomic E-state index is 0.253. The highest BCUT2D eigenvalue weighted by molar-refractivity contribution is 7.99. The van der Waals surface area contributed by atoms with Gasteiger partial charge in [0.2, 0.25) is 0 Å². The van der Waals surface area contributed by atoms with Gasteiger partial charge < -0.3 is 0 Å². The zero-order chi connectivity index (χ0) is 26.7. The van der Waals surface area contributed by atoms with Gasteiger partial charge in [0.05, 0.1) is 0 Å². The number of rotatable bonds is 2. The molecule has 0 bridgehead atoms. The first-order chi connectivity index (χ1) is 18.8. The van der Waals surface area contributed by atoms with Crippen molar-refractivity contribution in [1.82, 2.24) is 0 Å². The van der Waals surface area contributed by atoms with Crippen LogP contribution < -0.4 is 0 Å². The fraction of sp³-hybridized carbons (Fsp3) is 0.324. The number of fused-ring (bicyclic) bond motifs is 11. The molecule has 1 atom stereocenters. The lowest BCUT2D eigenvalue weighted by Gasteiger charge is -2.32. The summed E-state index contributed by atoms with van der Waals surface area (Å²) in [6, 6.07) is 27.9. The number of aryl methyl sites for hydroxylation is 1. The largest absolute Gasteiger partial charge is 0.294 e. The van der Waals surface area contributed by atoms with Gasteiger partial charge in [-0.3, -0.25) is 4.79 Å². The second kappa shape index (κ2) is 7.98. The smallest absolute Gasteiger partial charge is 0.164 e. The Bertz CT molecular complexity index is 1680. The van der Waals surface area contributed by atoms with E-state index >= 15 is 0 Å². The number of hydrogen-bond acceptors (Lipinski definition) is 2. The monoisotopic (exact) mass is 526 g/mol. The minimum atomic E-state index is -0.298. The number of benzene rings is 4. The molecule has 1 unspecified atom stereocenters. The molecule has 1 nitrogen and oxygen atoms in total. The first kappa shape index (κ1) is 23.8. The van der Waals surface area contributed by atoms with Crippen molar-refractivity contribution in [3.05, 3.63) is 123 Å². The van der Waals surface area contributed by atoms with E-state index in [4.69, 9.17) is 0 Å². The van der Waals surface area contributed by atoms with Gasteiger partial charge in [-0.15, -0.1) is 11.8 Å². The highest BCUT2D eigenvalue weighted by atomic mass is 32.2. The van der Waals surface area contributed by atoms with E-state index in [1.807, 2.05) is 11.8 Å². The Labute approximate surface area is 236 Å². The summed E-state index contributed by atoms with van der Waals surface area (Å²) in [6.45, 7) is 9.31. The molecule has 0 radical (unpaired) electrons. The summed E-state index contributed by atoms with van der Waals surface area (Å²) in [5, 5.41) is 0. The maximum Gasteiger partial charge on any atom is 0.164 e.